The standard InChI is InChI=1S/C27H46N3O/c1-2-3-4-5-6-7-8-9-10-16-23-31-25-30-24-29(26-17-12-13-18-27(26)30)22-21-28-19-14-11-15-20-28/h12-13,17-18,24H,2-11,14-16,19-23,25H2,1H3/q+1. The van der Waals surface area contributed by atoms with Crippen LogP contribution in [0.3, 0.4) is 0 Å². The Bertz CT molecular complexity index is 720. The number of hydrogen-bond donors (Lipinski definition) is 0. The predicted molar refractivity (Wildman–Crippen MR) is 130 cm³/mol. The Hall–Kier alpha value is -1.39. The van der Waals surface area contributed by atoms with E-state index in [0.717, 1.165) is 19.7 Å². The molecule has 31 heavy (non-hydrogen) atoms. The number of piperidine rings is 1. The Morgan fingerprint density at radius 1 is 0.806 bits per heavy atom. The van der Waals surface area contributed by atoms with Crippen LogP contribution in [0.1, 0.15) is 90.4 Å². The zero-order chi connectivity index (χ0) is 21.6. The van der Waals surface area contributed by atoms with Crippen molar-refractivity contribution in [2.24, 2.45) is 0 Å². The van der Waals surface area contributed by atoms with Crippen LogP contribution in [0.5, 0.6) is 0 Å². The van der Waals surface area contributed by atoms with Crippen molar-refractivity contribution < 1.29 is 9.30 Å². The second-order valence-electron chi connectivity index (χ2n) is 9.39. The van der Waals surface area contributed by atoms with Gasteiger partial charge in [0.2, 0.25) is 6.33 Å². The van der Waals surface area contributed by atoms with Gasteiger partial charge in [-0.05, 0) is 44.5 Å². The van der Waals surface area contributed by atoms with E-state index in [0.29, 0.717) is 6.73 Å². The van der Waals surface area contributed by atoms with Crippen molar-refractivity contribution >= 4 is 11.0 Å². The lowest BCUT2D eigenvalue weighted by atomic mass is 10.1. The van der Waals surface area contributed by atoms with E-state index in [1.54, 1.807) is 0 Å². The summed E-state index contributed by atoms with van der Waals surface area (Å²) in [5.74, 6) is 0. The monoisotopic (exact) mass is 428 g/mol. The molecule has 3 rings (SSSR count). The highest BCUT2D eigenvalue weighted by atomic mass is 16.5. The van der Waals surface area contributed by atoms with Crippen LogP contribution in [0, 0.1) is 0 Å². The number of ether oxygens (including phenoxy) is 1. The molecule has 0 radical (unpaired) electrons. The largest absolute Gasteiger partial charge is 0.342 e. The van der Waals surface area contributed by atoms with E-state index in [-0.39, 0.29) is 0 Å². The van der Waals surface area contributed by atoms with Crippen molar-refractivity contribution in [1.82, 2.24) is 9.47 Å². The second-order valence-corrected chi connectivity index (χ2v) is 9.39. The Morgan fingerprint density at radius 2 is 1.48 bits per heavy atom. The van der Waals surface area contributed by atoms with Gasteiger partial charge < -0.3 is 4.74 Å². The van der Waals surface area contributed by atoms with Crippen LogP contribution in [0.4, 0.5) is 0 Å². The lowest BCUT2D eigenvalue weighted by Crippen LogP contribution is -2.35. The molecule has 0 amide bonds. The molecule has 4 nitrogen and oxygen atoms in total. The first-order valence-corrected chi connectivity index (χ1v) is 13.2. The molecular weight excluding hydrogens is 382 g/mol. The van der Waals surface area contributed by atoms with Gasteiger partial charge in [0, 0.05) is 6.54 Å². The van der Waals surface area contributed by atoms with E-state index in [4.69, 9.17) is 4.74 Å². The van der Waals surface area contributed by atoms with E-state index in [1.165, 1.54) is 108 Å². The van der Waals surface area contributed by atoms with Gasteiger partial charge in [-0.3, -0.25) is 4.90 Å². The van der Waals surface area contributed by atoms with Gasteiger partial charge in [-0.1, -0.05) is 83.3 Å². The first-order chi connectivity index (χ1) is 15.4. The summed E-state index contributed by atoms with van der Waals surface area (Å²) in [7, 11) is 0. The third-order valence-corrected chi connectivity index (χ3v) is 6.76. The lowest BCUT2D eigenvalue weighted by molar-refractivity contribution is -0.710. The van der Waals surface area contributed by atoms with Gasteiger partial charge in [0.25, 0.3) is 0 Å². The minimum atomic E-state index is 0.661. The molecule has 0 N–H and O–H groups in total. The number of nitrogens with zero attached hydrogens (tertiary/aromatic N) is 3. The minimum absolute atomic E-state index is 0.661. The first-order valence-electron chi connectivity index (χ1n) is 13.2. The average Bonchev–Trinajstić information content (AvgIpc) is 3.17. The topological polar surface area (TPSA) is 21.3 Å². The minimum Gasteiger partial charge on any atom is -0.342 e. The van der Waals surface area contributed by atoms with Crippen LogP contribution >= 0.6 is 0 Å². The third-order valence-electron chi connectivity index (χ3n) is 6.76. The highest BCUT2D eigenvalue weighted by Crippen LogP contribution is 2.13. The van der Waals surface area contributed by atoms with Gasteiger partial charge in [0.15, 0.2) is 17.8 Å². The van der Waals surface area contributed by atoms with E-state index >= 15 is 0 Å². The molecule has 1 aliphatic heterocycles. The van der Waals surface area contributed by atoms with Crippen molar-refractivity contribution in [1.29, 1.82) is 0 Å². The van der Waals surface area contributed by atoms with Crippen molar-refractivity contribution in [3.63, 3.8) is 0 Å². The third kappa shape index (κ3) is 8.57. The molecule has 1 saturated heterocycles. The van der Waals surface area contributed by atoms with Crippen LogP contribution in [-0.4, -0.2) is 35.7 Å². The van der Waals surface area contributed by atoms with Crippen molar-refractivity contribution in [2.75, 3.05) is 26.2 Å². The number of unbranched alkanes of at least 4 members (excludes halogenated alkanes) is 9. The fourth-order valence-electron chi connectivity index (χ4n) is 4.81. The highest BCUT2D eigenvalue weighted by molar-refractivity contribution is 5.71. The molecular formula is C27H46N3O+. The summed E-state index contributed by atoms with van der Waals surface area (Å²) >= 11 is 0. The quantitative estimate of drug-likeness (QED) is 0.231. The van der Waals surface area contributed by atoms with Crippen LogP contribution in [0.2, 0.25) is 0 Å². The molecule has 2 aromatic rings. The summed E-state index contributed by atoms with van der Waals surface area (Å²) in [6.45, 7) is 8.56. The van der Waals surface area contributed by atoms with Crippen molar-refractivity contribution in [2.45, 2.75) is 104 Å². The molecule has 0 saturated carbocycles. The van der Waals surface area contributed by atoms with Gasteiger partial charge in [-0.25, -0.2) is 9.13 Å². The summed E-state index contributed by atoms with van der Waals surface area (Å²) < 4.78 is 10.7. The van der Waals surface area contributed by atoms with Crippen molar-refractivity contribution in [3.05, 3.63) is 30.6 Å². The van der Waals surface area contributed by atoms with Crippen LogP contribution in [-0.2, 0) is 18.0 Å². The van der Waals surface area contributed by atoms with Gasteiger partial charge in [-0.2, -0.15) is 0 Å². The maximum Gasteiger partial charge on any atom is 0.246 e. The summed E-state index contributed by atoms with van der Waals surface area (Å²) in [6.07, 6.45) is 20.1. The maximum atomic E-state index is 6.05. The predicted octanol–water partition coefficient (Wildman–Crippen LogP) is 6.31. The molecule has 174 valence electrons. The maximum absolute atomic E-state index is 6.05. The number of benzene rings is 1. The number of fused-ring (bicyclic) bond motifs is 1. The zero-order valence-electron chi connectivity index (χ0n) is 20.1. The number of likely N-dealkylation sites (tertiary alicyclic amines) is 1. The summed E-state index contributed by atoms with van der Waals surface area (Å²) in [6, 6.07) is 8.74. The first kappa shape index (κ1) is 24.3. The molecule has 2 heterocycles. The lowest BCUT2D eigenvalue weighted by Gasteiger charge is -2.25. The smallest absolute Gasteiger partial charge is 0.246 e. The van der Waals surface area contributed by atoms with Gasteiger partial charge in [-0.15, -0.1) is 0 Å². The van der Waals surface area contributed by atoms with Gasteiger partial charge in [0.1, 0.15) is 6.54 Å². The van der Waals surface area contributed by atoms with Crippen LogP contribution in [0.25, 0.3) is 11.0 Å². The van der Waals surface area contributed by atoms with Crippen molar-refractivity contribution in [3.8, 4) is 0 Å². The number of aromatic nitrogens is 2. The highest BCUT2D eigenvalue weighted by Gasteiger charge is 2.17. The van der Waals surface area contributed by atoms with Crippen LogP contribution < -0.4 is 4.57 Å². The van der Waals surface area contributed by atoms with Crippen LogP contribution in [0.15, 0.2) is 30.6 Å². The normalized spacial score (nSPS) is 15.1. The van der Waals surface area contributed by atoms with E-state index < -0.39 is 0 Å². The number of imidazole rings is 1. The van der Waals surface area contributed by atoms with E-state index in [9.17, 15) is 0 Å². The Morgan fingerprint density at radius 3 is 2.23 bits per heavy atom. The average molecular weight is 429 g/mol. The van der Waals surface area contributed by atoms with Gasteiger partial charge >= 0.3 is 0 Å². The fourth-order valence-corrected chi connectivity index (χ4v) is 4.81. The fraction of sp³-hybridized carbons (Fsp3) is 0.741. The number of rotatable bonds is 16. The van der Waals surface area contributed by atoms with Gasteiger partial charge in [0.05, 0.1) is 6.61 Å². The zero-order valence-corrected chi connectivity index (χ0v) is 20.1. The second kappa shape index (κ2) is 14.6. The van der Waals surface area contributed by atoms with E-state index in [1.807, 2.05) is 0 Å². The number of hydrogen-bond acceptors (Lipinski definition) is 2. The molecule has 1 aromatic carbocycles. The molecule has 0 unspecified atom stereocenters. The molecule has 0 atom stereocenters. The molecule has 4 heteroatoms. The summed E-state index contributed by atoms with van der Waals surface area (Å²) in [4.78, 5) is 2.62. The Balaban J connectivity index is 1.33. The molecule has 1 fully saturated rings. The molecule has 0 spiro atoms. The SMILES string of the molecule is CCCCCCCCCCCCOC[n+]1cn(CCN2CCCCC2)c2ccccc21. The Kier molecular flexibility index (Phi) is 11.4. The molecule has 1 aliphatic rings. The van der Waals surface area contributed by atoms with E-state index in [2.05, 4.69) is 51.6 Å². The summed E-state index contributed by atoms with van der Waals surface area (Å²) in [5, 5.41) is 0. The summed E-state index contributed by atoms with van der Waals surface area (Å²) in [5.41, 5.74) is 2.60. The molecule has 1 aromatic heterocycles. The molecule has 0 aliphatic carbocycles. The number of para-hydroxylation sites is 2. The molecule has 0 bridgehead atoms. The Labute approximate surface area is 190 Å².